The van der Waals surface area contributed by atoms with Gasteiger partial charge in [0.2, 0.25) is 0 Å². The van der Waals surface area contributed by atoms with Crippen molar-refractivity contribution in [3.63, 3.8) is 0 Å². The summed E-state index contributed by atoms with van der Waals surface area (Å²) >= 11 is 0. The predicted octanol–water partition coefficient (Wildman–Crippen LogP) is 3.00. The lowest BCUT2D eigenvalue weighted by atomic mass is 9.88. The molecule has 0 saturated carbocycles. The van der Waals surface area contributed by atoms with Gasteiger partial charge in [-0.2, -0.15) is 0 Å². The maximum Gasteiger partial charge on any atom is 0.251 e. The molecule has 3 nitrogen and oxygen atoms in total. The zero-order chi connectivity index (χ0) is 15.4. The molecule has 0 radical (unpaired) electrons. The molecule has 20 heavy (non-hydrogen) atoms. The summed E-state index contributed by atoms with van der Waals surface area (Å²) in [4.78, 5) is 12.1. The Kier molecular flexibility index (Phi) is 5.35. The van der Waals surface area contributed by atoms with Gasteiger partial charge in [0.25, 0.3) is 5.91 Å². The average molecular weight is 276 g/mol. The molecule has 3 heteroatoms. The number of benzene rings is 1. The molecule has 1 amide bonds. The van der Waals surface area contributed by atoms with E-state index < -0.39 is 0 Å². The first-order valence-electron chi connectivity index (χ1n) is 7.19. The van der Waals surface area contributed by atoms with Crippen LogP contribution in [-0.2, 0) is 6.42 Å². The SMILES string of the molecule is CNC(C)(C)CNC(=O)c1ccc(CC(C)(C)C)cc1. The van der Waals surface area contributed by atoms with Gasteiger partial charge in [-0.3, -0.25) is 4.79 Å². The van der Waals surface area contributed by atoms with Crippen LogP contribution in [0.15, 0.2) is 24.3 Å². The first-order chi connectivity index (χ1) is 9.13. The summed E-state index contributed by atoms with van der Waals surface area (Å²) in [7, 11) is 1.90. The first-order valence-corrected chi connectivity index (χ1v) is 7.19. The standard InChI is InChI=1S/C17H28N2O/c1-16(2,3)11-13-7-9-14(10-8-13)15(20)19-12-17(4,5)18-6/h7-10,18H,11-12H2,1-6H3,(H,19,20). The van der Waals surface area contributed by atoms with E-state index in [1.54, 1.807) is 0 Å². The van der Waals surface area contributed by atoms with Crippen LogP contribution in [0.25, 0.3) is 0 Å². The highest BCUT2D eigenvalue weighted by Gasteiger charge is 2.16. The molecule has 0 aromatic heterocycles. The molecule has 0 heterocycles. The van der Waals surface area contributed by atoms with Crippen LogP contribution in [0.5, 0.6) is 0 Å². The van der Waals surface area contributed by atoms with Gasteiger partial charge in [0.15, 0.2) is 0 Å². The Balaban J connectivity index is 2.62. The third kappa shape index (κ3) is 5.74. The molecule has 1 aromatic rings. The Morgan fingerprint density at radius 2 is 1.60 bits per heavy atom. The number of carbonyl (C=O) groups excluding carboxylic acids is 1. The highest BCUT2D eigenvalue weighted by molar-refractivity contribution is 5.94. The number of amides is 1. The molecule has 0 aliphatic heterocycles. The minimum absolute atomic E-state index is 0.0179. The van der Waals surface area contributed by atoms with Gasteiger partial charge < -0.3 is 10.6 Å². The molecule has 2 N–H and O–H groups in total. The maximum absolute atomic E-state index is 12.1. The number of hydrogen-bond donors (Lipinski definition) is 2. The van der Waals surface area contributed by atoms with Crippen LogP contribution < -0.4 is 10.6 Å². The van der Waals surface area contributed by atoms with Crippen molar-refractivity contribution < 1.29 is 4.79 Å². The Labute approximate surface area is 123 Å². The topological polar surface area (TPSA) is 41.1 Å². The van der Waals surface area contributed by atoms with E-state index in [-0.39, 0.29) is 16.9 Å². The zero-order valence-corrected chi connectivity index (χ0v) is 13.6. The average Bonchev–Trinajstić information content (AvgIpc) is 2.35. The number of hydrogen-bond acceptors (Lipinski definition) is 2. The van der Waals surface area contributed by atoms with Gasteiger partial charge in [0, 0.05) is 17.6 Å². The summed E-state index contributed by atoms with van der Waals surface area (Å²) in [6.45, 7) is 11.4. The first kappa shape index (κ1) is 16.7. The zero-order valence-electron chi connectivity index (χ0n) is 13.6. The van der Waals surface area contributed by atoms with Crippen LogP contribution in [0.2, 0.25) is 0 Å². The van der Waals surface area contributed by atoms with Crippen LogP contribution in [0, 0.1) is 5.41 Å². The van der Waals surface area contributed by atoms with E-state index in [2.05, 4.69) is 45.3 Å². The smallest absolute Gasteiger partial charge is 0.251 e. The summed E-state index contributed by atoms with van der Waals surface area (Å²) in [6, 6.07) is 7.90. The molecule has 1 rings (SSSR count). The van der Waals surface area contributed by atoms with Crippen molar-refractivity contribution in [2.75, 3.05) is 13.6 Å². The van der Waals surface area contributed by atoms with Gasteiger partial charge in [-0.15, -0.1) is 0 Å². The van der Waals surface area contributed by atoms with E-state index in [1.807, 2.05) is 31.3 Å². The molecule has 0 aliphatic carbocycles. The van der Waals surface area contributed by atoms with E-state index in [0.717, 1.165) is 12.0 Å². The number of carbonyl (C=O) groups is 1. The van der Waals surface area contributed by atoms with E-state index in [1.165, 1.54) is 5.56 Å². The van der Waals surface area contributed by atoms with Crippen LogP contribution >= 0.6 is 0 Å². The largest absolute Gasteiger partial charge is 0.350 e. The quantitative estimate of drug-likeness (QED) is 0.868. The predicted molar refractivity (Wildman–Crippen MR) is 85.1 cm³/mol. The highest BCUT2D eigenvalue weighted by Crippen LogP contribution is 2.20. The summed E-state index contributed by atoms with van der Waals surface area (Å²) in [6.07, 6.45) is 1.02. The molecule has 0 bridgehead atoms. The van der Waals surface area contributed by atoms with Crippen molar-refractivity contribution in [2.45, 2.75) is 46.6 Å². The van der Waals surface area contributed by atoms with Gasteiger partial charge in [-0.05, 0) is 50.4 Å². The van der Waals surface area contributed by atoms with Gasteiger partial charge in [-0.1, -0.05) is 32.9 Å². The molecule has 0 saturated heterocycles. The third-order valence-corrected chi connectivity index (χ3v) is 3.32. The minimum Gasteiger partial charge on any atom is -0.350 e. The van der Waals surface area contributed by atoms with Crippen molar-refractivity contribution >= 4 is 5.91 Å². The number of nitrogens with one attached hydrogen (secondary N) is 2. The van der Waals surface area contributed by atoms with Crippen LogP contribution in [-0.4, -0.2) is 25.0 Å². The van der Waals surface area contributed by atoms with Crippen molar-refractivity contribution in [1.29, 1.82) is 0 Å². The molecule has 0 fully saturated rings. The van der Waals surface area contributed by atoms with Crippen molar-refractivity contribution in [2.24, 2.45) is 5.41 Å². The van der Waals surface area contributed by atoms with Crippen molar-refractivity contribution in [1.82, 2.24) is 10.6 Å². The highest BCUT2D eigenvalue weighted by atomic mass is 16.1. The monoisotopic (exact) mass is 276 g/mol. The molecule has 0 aliphatic rings. The lowest BCUT2D eigenvalue weighted by Gasteiger charge is -2.24. The van der Waals surface area contributed by atoms with Crippen LogP contribution in [0.4, 0.5) is 0 Å². The second kappa shape index (κ2) is 6.40. The van der Waals surface area contributed by atoms with E-state index in [0.29, 0.717) is 6.54 Å². The van der Waals surface area contributed by atoms with E-state index in [4.69, 9.17) is 0 Å². The Morgan fingerprint density at radius 1 is 1.05 bits per heavy atom. The second-order valence-corrected chi connectivity index (χ2v) is 7.25. The normalized spacial score (nSPS) is 12.3. The Hall–Kier alpha value is -1.35. The maximum atomic E-state index is 12.1. The summed E-state index contributed by atoms with van der Waals surface area (Å²) < 4.78 is 0. The van der Waals surface area contributed by atoms with E-state index >= 15 is 0 Å². The summed E-state index contributed by atoms with van der Waals surface area (Å²) in [5, 5.41) is 6.12. The lowest BCUT2D eigenvalue weighted by molar-refractivity contribution is 0.0943. The third-order valence-electron chi connectivity index (χ3n) is 3.32. The van der Waals surface area contributed by atoms with Crippen molar-refractivity contribution in [3.05, 3.63) is 35.4 Å². The summed E-state index contributed by atoms with van der Waals surface area (Å²) in [5.41, 5.74) is 2.15. The Bertz CT molecular complexity index is 441. The van der Waals surface area contributed by atoms with Crippen LogP contribution in [0.3, 0.4) is 0 Å². The number of likely N-dealkylation sites (N-methyl/N-ethyl adjacent to an activating group) is 1. The molecule has 0 spiro atoms. The second-order valence-electron chi connectivity index (χ2n) is 7.25. The van der Waals surface area contributed by atoms with Gasteiger partial charge in [0.05, 0.1) is 0 Å². The fourth-order valence-corrected chi connectivity index (χ4v) is 1.88. The fraction of sp³-hybridized carbons (Fsp3) is 0.588. The molecule has 0 atom stereocenters. The van der Waals surface area contributed by atoms with Gasteiger partial charge in [-0.25, -0.2) is 0 Å². The number of rotatable bonds is 5. The lowest BCUT2D eigenvalue weighted by Crippen LogP contribution is -2.47. The Morgan fingerprint density at radius 3 is 2.05 bits per heavy atom. The minimum atomic E-state index is -0.0954. The van der Waals surface area contributed by atoms with Gasteiger partial charge >= 0.3 is 0 Å². The molecular formula is C17H28N2O. The van der Waals surface area contributed by atoms with Crippen molar-refractivity contribution in [3.8, 4) is 0 Å². The molecule has 1 aromatic carbocycles. The van der Waals surface area contributed by atoms with E-state index in [9.17, 15) is 4.79 Å². The molecular weight excluding hydrogens is 248 g/mol. The fourth-order valence-electron chi connectivity index (χ4n) is 1.88. The van der Waals surface area contributed by atoms with Gasteiger partial charge in [0.1, 0.15) is 0 Å². The molecule has 0 unspecified atom stereocenters. The summed E-state index contributed by atoms with van der Waals surface area (Å²) in [5.74, 6) is -0.0179. The van der Waals surface area contributed by atoms with Crippen LogP contribution in [0.1, 0.15) is 50.5 Å². The molecule has 112 valence electrons.